The molecule has 0 unspecified atom stereocenters. The highest BCUT2D eigenvalue weighted by Gasteiger charge is 2.28. The SMILES string of the molecule is Cc1sc2ncnc(N3CCC(C(=O)OCc4nc(-c5ccsc5)no4)CC3)c2c1C. The highest BCUT2D eigenvalue weighted by molar-refractivity contribution is 7.18. The molecule has 0 aliphatic carbocycles. The van der Waals surface area contributed by atoms with Crippen LogP contribution in [0.2, 0.25) is 0 Å². The van der Waals surface area contributed by atoms with Crippen LogP contribution in [0.15, 0.2) is 27.7 Å². The molecule has 4 aromatic rings. The molecule has 1 saturated heterocycles. The van der Waals surface area contributed by atoms with Gasteiger partial charge in [-0.15, -0.1) is 11.3 Å². The Hall–Kier alpha value is -2.85. The molecule has 1 aliphatic rings. The normalized spacial score (nSPS) is 15.0. The Morgan fingerprint density at radius 1 is 1.29 bits per heavy atom. The minimum Gasteiger partial charge on any atom is -0.455 e. The maximum absolute atomic E-state index is 12.6. The molecule has 8 nitrogen and oxygen atoms in total. The Labute approximate surface area is 186 Å². The maximum atomic E-state index is 12.6. The number of aryl methyl sites for hydroxylation is 2. The van der Waals surface area contributed by atoms with Gasteiger partial charge in [0.1, 0.15) is 17.0 Å². The first kappa shape index (κ1) is 20.1. The molecule has 5 rings (SSSR count). The first-order chi connectivity index (χ1) is 15.1. The van der Waals surface area contributed by atoms with E-state index < -0.39 is 0 Å². The minimum absolute atomic E-state index is 0.00388. The van der Waals surface area contributed by atoms with Crippen molar-refractivity contribution >= 4 is 44.7 Å². The van der Waals surface area contributed by atoms with Gasteiger partial charge in [0.05, 0.1) is 11.3 Å². The predicted octanol–water partition coefficient (Wildman–Crippen LogP) is 4.38. The summed E-state index contributed by atoms with van der Waals surface area (Å²) in [4.78, 5) is 30.4. The zero-order valence-electron chi connectivity index (χ0n) is 17.2. The molecule has 160 valence electrons. The Morgan fingerprint density at radius 2 is 2.13 bits per heavy atom. The lowest BCUT2D eigenvalue weighted by atomic mass is 9.97. The summed E-state index contributed by atoms with van der Waals surface area (Å²) in [6, 6.07) is 1.92. The fraction of sp³-hybridized carbons (Fsp3) is 0.381. The number of esters is 1. The van der Waals surface area contributed by atoms with E-state index in [0.29, 0.717) is 11.7 Å². The number of piperidine rings is 1. The number of carbonyl (C=O) groups is 1. The van der Waals surface area contributed by atoms with Gasteiger partial charge in [-0.05, 0) is 43.7 Å². The quantitative estimate of drug-likeness (QED) is 0.409. The maximum Gasteiger partial charge on any atom is 0.309 e. The highest BCUT2D eigenvalue weighted by atomic mass is 32.1. The van der Waals surface area contributed by atoms with Gasteiger partial charge in [0.15, 0.2) is 6.61 Å². The van der Waals surface area contributed by atoms with Gasteiger partial charge >= 0.3 is 5.97 Å². The van der Waals surface area contributed by atoms with Crippen molar-refractivity contribution in [2.45, 2.75) is 33.3 Å². The molecular weight excluding hydrogens is 434 g/mol. The molecule has 0 spiro atoms. The Bertz CT molecular complexity index is 1210. The van der Waals surface area contributed by atoms with Gasteiger partial charge in [-0.25, -0.2) is 9.97 Å². The second-order valence-electron chi connectivity index (χ2n) is 7.55. The van der Waals surface area contributed by atoms with Crippen LogP contribution in [-0.4, -0.2) is 39.2 Å². The number of thiophene rings is 2. The van der Waals surface area contributed by atoms with Crippen LogP contribution in [0.1, 0.15) is 29.2 Å². The Balaban J connectivity index is 1.19. The largest absolute Gasteiger partial charge is 0.455 e. The molecular formula is C21H21N5O3S2. The van der Waals surface area contributed by atoms with Gasteiger partial charge in [-0.3, -0.25) is 4.79 Å². The van der Waals surface area contributed by atoms with E-state index in [1.807, 2.05) is 16.8 Å². The van der Waals surface area contributed by atoms with Crippen molar-refractivity contribution in [2.75, 3.05) is 18.0 Å². The van der Waals surface area contributed by atoms with Crippen molar-refractivity contribution in [1.29, 1.82) is 0 Å². The van der Waals surface area contributed by atoms with Crippen LogP contribution in [0.4, 0.5) is 5.82 Å². The van der Waals surface area contributed by atoms with Crippen molar-refractivity contribution in [3.63, 3.8) is 0 Å². The van der Waals surface area contributed by atoms with Gasteiger partial charge in [0, 0.05) is 28.9 Å². The number of hydrogen-bond donors (Lipinski definition) is 0. The highest BCUT2D eigenvalue weighted by Crippen LogP contribution is 2.35. The van der Waals surface area contributed by atoms with Crippen LogP contribution in [0, 0.1) is 19.8 Å². The van der Waals surface area contributed by atoms with E-state index in [2.05, 4.69) is 38.9 Å². The van der Waals surface area contributed by atoms with Crippen LogP contribution < -0.4 is 4.90 Å². The summed E-state index contributed by atoms with van der Waals surface area (Å²) in [6.07, 6.45) is 3.06. The van der Waals surface area contributed by atoms with E-state index in [4.69, 9.17) is 9.26 Å². The summed E-state index contributed by atoms with van der Waals surface area (Å²) in [5.41, 5.74) is 2.13. The first-order valence-electron chi connectivity index (χ1n) is 10.1. The molecule has 0 saturated carbocycles. The summed E-state index contributed by atoms with van der Waals surface area (Å²) in [5.74, 6) is 1.42. The van der Waals surface area contributed by atoms with E-state index in [0.717, 1.165) is 47.5 Å². The zero-order chi connectivity index (χ0) is 21.4. The van der Waals surface area contributed by atoms with E-state index in [9.17, 15) is 4.79 Å². The predicted molar refractivity (Wildman–Crippen MR) is 119 cm³/mol. The number of nitrogens with zero attached hydrogens (tertiary/aromatic N) is 5. The fourth-order valence-electron chi connectivity index (χ4n) is 3.80. The van der Waals surface area contributed by atoms with Crippen molar-refractivity contribution in [2.24, 2.45) is 5.92 Å². The molecule has 0 amide bonds. The summed E-state index contributed by atoms with van der Waals surface area (Å²) < 4.78 is 10.7. The van der Waals surface area contributed by atoms with Crippen molar-refractivity contribution in [3.05, 3.63) is 39.5 Å². The van der Waals surface area contributed by atoms with Crippen LogP contribution in [0.25, 0.3) is 21.6 Å². The second-order valence-corrected chi connectivity index (χ2v) is 9.54. The third-order valence-corrected chi connectivity index (χ3v) is 7.46. The lowest BCUT2D eigenvalue weighted by molar-refractivity contribution is -0.151. The van der Waals surface area contributed by atoms with Crippen LogP contribution in [0.5, 0.6) is 0 Å². The summed E-state index contributed by atoms with van der Waals surface area (Å²) >= 11 is 3.26. The molecule has 0 aromatic carbocycles. The smallest absolute Gasteiger partial charge is 0.309 e. The molecule has 0 bridgehead atoms. The van der Waals surface area contributed by atoms with Gasteiger partial charge in [-0.1, -0.05) is 5.16 Å². The number of hydrogen-bond acceptors (Lipinski definition) is 10. The molecule has 10 heteroatoms. The number of fused-ring (bicyclic) bond motifs is 1. The molecule has 31 heavy (non-hydrogen) atoms. The van der Waals surface area contributed by atoms with E-state index >= 15 is 0 Å². The minimum atomic E-state index is -0.217. The number of rotatable bonds is 5. The van der Waals surface area contributed by atoms with Gasteiger partial charge in [0.25, 0.3) is 5.89 Å². The number of anilines is 1. The molecule has 0 atom stereocenters. The first-order valence-corrected chi connectivity index (χ1v) is 11.8. The van der Waals surface area contributed by atoms with E-state index in [1.165, 1.54) is 10.4 Å². The summed E-state index contributed by atoms with van der Waals surface area (Å²) in [5, 5.41) is 8.96. The van der Waals surface area contributed by atoms with E-state index in [1.54, 1.807) is 29.0 Å². The molecule has 1 aliphatic heterocycles. The molecule has 1 fully saturated rings. The third kappa shape index (κ3) is 3.92. The third-order valence-electron chi connectivity index (χ3n) is 5.66. The fourth-order valence-corrected chi connectivity index (χ4v) is 5.43. The summed E-state index contributed by atoms with van der Waals surface area (Å²) in [6.45, 7) is 5.73. The Kier molecular flexibility index (Phi) is 5.41. The number of ether oxygens (including phenoxy) is 1. The molecule has 0 N–H and O–H groups in total. The lowest BCUT2D eigenvalue weighted by Gasteiger charge is -2.32. The average molecular weight is 456 g/mol. The standard InChI is InChI=1S/C21H21N5O3S2/c1-12-13(2)31-20-17(12)19(22-11-23-20)26-6-3-14(4-7-26)21(27)28-9-16-24-18(25-29-16)15-5-8-30-10-15/h5,8,10-11,14H,3-4,6-7,9H2,1-2H3. The average Bonchev–Trinajstić information content (AvgIpc) is 3.53. The molecule has 0 radical (unpaired) electrons. The van der Waals surface area contributed by atoms with Gasteiger partial charge in [0.2, 0.25) is 5.82 Å². The van der Waals surface area contributed by atoms with Gasteiger partial charge < -0.3 is 14.2 Å². The number of aromatic nitrogens is 4. The number of carbonyl (C=O) groups excluding carboxylic acids is 1. The topological polar surface area (TPSA) is 94.2 Å². The van der Waals surface area contributed by atoms with Crippen LogP contribution >= 0.6 is 22.7 Å². The Morgan fingerprint density at radius 3 is 2.90 bits per heavy atom. The van der Waals surface area contributed by atoms with Gasteiger partial charge in [-0.2, -0.15) is 16.3 Å². The van der Waals surface area contributed by atoms with Crippen molar-refractivity contribution in [3.8, 4) is 11.4 Å². The lowest BCUT2D eigenvalue weighted by Crippen LogP contribution is -2.37. The van der Waals surface area contributed by atoms with E-state index in [-0.39, 0.29) is 18.5 Å². The monoisotopic (exact) mass is 455 g/mol. The summed E-state index contributed by atoms with van der Waals surface area (Å²) in [7, 11) is 0. The van der Waals surface area contributed by atoms with Crippen LogP contribution in [-0.2, 0) is 16.1 Å². The van der Waals surface area contributed by atoms with Crippen molar-refractivity contribution in [1.82, 2.24) is 20.1 Å². The van der Waals surface area contributed by atoms with Crippen molar-refractivity contribution < 1.29 is 14.1 Å². The molecule has 4 aromatic heterocycles. The second kappa shape index (κ2) is 8.35. The molecule has 5 heterocycles. The van der Waals surface area contributed by atoms with Crippen LogP contribution in [0.3, 0.4) is 0 Å². The zero-order valence-corrected chi connectivity index (χ0v) is 18.8.